The molecule has 4 nitrogen and oxygen atoms in total. The van der Waals surface area contributed by atoms with E-state index in [1.54, 1.807) is 0 Å². The summed E-state index contributed by atoms with van der Waals surface area (Å²) >= 11 is 0. The largest absolute Gasteiger partial charge is 0.481 e. The van der Waals surface area contributed by atoms with Crippen molar-refractivity contribution >= 4 is 11.9 Å². The summed E-state index contributed by atoms with van der Waals surface area (Å²) in [5, 5.41) is 11.7. The quantitative estimate of drug-likeness (QED) is 0.737. The number of carbonyl (C=O) groups is 2. The van der Waals surface area contributed by atoms with Crippen molar-refractivity contribution < 1.29 is 14.7 Å². The maximum absolute atomic E-state index is 11.7. The number of carbonyl (C=O) groups excluding carboxylic acids is 1. The molecular formula is C14H27NO3. The summed E-state index contributed by atoms with van der Waals surface area (Å²) in [7, 11) is 0. The van der Waals surface area contributed by atoms with Crippen molar-refractivity contribution in [2.45, 2.75) is 53.9 Å². The highest BCUT2D eigenvalue weighted by Gasteiger charge is 2.19. The van der Waals surface area contributed by atoms with Crippen LogP contribution in [0.2, 0.25) is 0 Å². The summed E-state index contributed by atoms with van der Waals surface area (Å²) in [4.78, 5) is 22.4. The smallest absolute Gasteiger partial charge is 0.303 e. The first-order chi connectivity index (χ1) is 8.10. The minimum absolute atomic E-state index is 0.00152. The SMILES string of the molecule is CC(C)CC(CNC(=O)CC(C)(C)C)CC(=O)O. The molecule has 0 fully saturated rings. The zero-order valence-electron chi connectivity index (χ0n) is 12.2. The molecule has 0 bridgehead atoms. The van der Waals surface area contributed by atoms with Gasteiger partial charge in [-0.1, -0.05) is 34.6 Å². The lowest BCUT2D eigenvalue weighted by Crippen LogP contribution is -2.33. The van der Waals surface area contributed by atoms with Gasteiger partial charge in [0.1, 0.15) is 0 Å². The van der Waals surface area contributed by atoms with E-state index in [4.69, 9.17) is 5.11 Å². The van der Waals surface area contributed by atoms with E-state index >= 15 is 0 Å². The van der Waals surface area contributed by atoms with Gasteiger partial charge in [0, 0.05) is 19.4 Å². The van der Waals surface area contributed by atoms with Gasteiger partial charge in [-0.15, -0.1) is 0 Å². The van der Waals surface area contributed by atoms with Crippen molar-refractivity contribution in [2.75, 3.05) is 6.54 Å². The standard InChI is InChI=1S/C14H27NO3/c1-10(2)6-11(7-13(17)18)9-15-12(16)8-14(3,4)5/h10-11H,6-9H2,1-5H3,(H,15,16)(H,17,18). The van der Waals surface area contributed by atoms with Crippen LogP contribution in [0.4, 0.5) is 0 Å². The molecule has 0 aliphatic carbocycles. The Morgan fingerprint density at radius 1 is 1.22 bits per heavy atom. The van der Waals surface area contributed by atoms with Crippen LogP contribution in [0.25, 0.3) is 0 Å². The number of carboxylic acid groups (broad SMARTS) is 1. The Hall–Kier alpha value is -1.06. The van der Waals surface area contributed by atoms with Gasteiger partial charge in [0.25, 0.3) is 0 Å². The van der Waals surface area contributed by atoms with E-state index in [0.29, 0.717) is 18.9 Å². The highest BCUT2D eigenvalue weighted by atomic mass is 16.4. The van der Waals surface area contributed by atoms with Gasteiger partial charge >= 0.3 is 5.97 Å². The highest BCUT2D eigenvalue weighted by molar-refractivity contribution is 5.76. The zero-order valence-corrected chi connectivity index (χ0v) is 12.2. The molecule has 0 aliphatic rings. The molecule has 106 valence electrons. The molecule has 0 aromatic rings. The summed E-state index contributed by atoms with van der Waals surface area (Å²) in [6, 6.07) is 0. The number of hydrogen-bond donors (Lipinski definition) is 2. The predicted molar refractivity (Wildman–Crippen MR) is 72.3 cm³/mol. The Kier molecular flexibility index (Phi) is 6.96. The predicted octanol–water partition coefficient (Wildman–Crippen LogP) is 2.68. The van der Waals surface area contributed by atoms with Crippen molar-refractivity contribution in [1.29, 1.82) is 0 Å². The summed E-state index contributed by atoms with van der Waals surface area (Å²) in [5.41, 5.74) is -0.0373. The molecule has 1 amide bonds. The zero-order chi connectivity index (χ0) is 14.3. The average molecular weight is 257 g/mol. The Bertz CT molecular complexity index is 279. The van der Waals surface area contributed by atoms with Gasteiger partial charge in [0.2, 0.25) is 5.91 Å². The first-order valence-corrected chi connectivity index (χ1v) is 6.58. The maximum atomic E-state index is 11.7. The van der Waals surface area contributed by atoms with E-state index in [1.165, 1.54) is 0 Å². The van der Waals surface area contributed by atoms with Crippen LogP contribution in [0.1, 0.15) is 53.9 Å². The third-order valence-corrected chi connectivity index (χ3v) is 2.55. The van der Waals surface area contributed by atoms with E-state index in [1.807, 2.05) is 20.8 Å². The fourth-order valence-corrected chi connectivity index (χ4v) is 1.95. The molecule has 0 heterocycles. The molecule has 0 aromatic carbocycles. The summed E-state index contributed by atoms with van der Waals surface area (Å²) in [6.07, 6.45) is 1.41. The van der Waals surface area contributed by atoms with Crippen molar-refractivity contribution in [1.82, 2.24) is 5.32 Å². The number of nitrogens with one attached hydrogen (secondary N) is 1. The molecule has 0 spiro atoms. The van der Waals surface area contributed by atoms with Crippen LogP contribution < -0.4 is 5.32 Å². The fourth-order valence-electron chi connectivity index (χ4n) is 1.95. The van der Waals surface area contributed by atoms with Gasteiger partial charge in [-0.2, -0.15) is 0 Å². The van der Waals surface area contributed by atoms with Gasteiger partial charge in [-0.25, -0.2) is 0 Å². The van der Waals surface area contributed by atoms with Gasteiger partial charge in [-0.3, -0.25) is 9.59 Å². The van der Waals surface area contributed by atoms with Crippen molar-refractivity contribution in [3.05, 3.63) is 0 Å². The van der Waals surface area contributed by atoms with E-state index in [-0.39, 0.29) is 23.7 Å². The second-order valence-corrected chi connectivity index (χ2v) is 6.63. The molecule has 4 heteroatoms. The third-order valence-electron chi connectivity index (χ3n) is 2.55. The van der Waals surface area contributed by atoms with E-state index in [0.717, 1.165) is 6.42 Å². The van der Waals surface area contributed by atoms with Crippen LogP contribution >= 0.6 is 0 Å². The topological polar surface area (TPSA) is 66.4 Å². The van der Waals surface area contributed by atoms with Crippen LogP contribution in [-0.2, 0) is 9.59 Å². The van der Waals surface area contributed by atoms with Gasteiger partial charge in [0.05, 0.1) is 0 Å². The molecule has 0 saturated carbocycles. The summed E-state index contributed by atoms with van der Waals surface area (Å²) in [6.45, 7) is 10.6. The molecular weight excluding hydrogens is 230 g/mol. The van der Waals surface area contributed by atoms with Gasteiger partial charge < -0.3 is 10.4 Å². The Labute approximate surface area is 110 Å². The molecule has 0 saturated heterocycles. The summed E-state index contributed by atoms with van der Waals surface area (Å²) in [5.74, 6) is -0.340. The van der Waals surface area contributed by atoms with E-state index in [2.05, 4.69) is 19.2 Å². The third kappa shape index (κ3) is 10.1. The number of aliphatic carboxylic acids is 1. The Morgan fingerprint density at radius 3 is 2.17 bits per heavy atom. The van der Waals surface area contributed by atoms with E-state index in [9.17, 15) is 9.59 Å². The normalized spacial score (nSPS) is 13.4. The Morgan fingerprint density at radius 2 is 1.78 bits per heavy atom. The number of hydrogen-bond acceptors (Lipinski definition) is 2. The van der Waals surface area contributed by atoms with Crippen molar-refractivity contribution in [2.24, 2.45) is 17.3 Å². The van der Waals surface area contributed by atoms with Crippen LogP contribution in [0, 0.1) is 17.3 Å². The lowest BCUT2D eigenvalue weighted by molar-refractivity contribution is -0.138. The highest BCUT2D eigenvalue weighted by Crippen LogP contribution is 2.19. The molecule has 1 unspecified atom stereocenters. The minimum Gasteiger partial charge on any atom is -0.481 e. The molecule has 0 aromatic heterocycles. The summed E-state index contributed by atoms with van der Waals surface area (Å²) < 4.78 is 0. The molecule has 0 rings (SSSR count). The number of rotatable bonds is 7. The number of amides is 1. The second-order valence-electron chi connectivity index (χ2n) is 6.63. The van der Waals surface area contributed by atoms with E-state index < -0.39 is 5.97 Å². The molecule has 0 aliphatic heterocycles. The Balaban J connectivity index is 4.17. The minimum atomic E-state index is -0.800. The average Bonchev–Trinajstić information content (AvgIpc) is 2.09. The fraction of sp³-hybridized carbons (Fsp3) is 0.857. The van der Waals surface area contributed by atoms with Gasteiger partial charge in [-0.05, 0) is 23.7 Å². The van der Waals surface area contributed by atoms with Crippen LogP contribution in [0.15, 0.2) is 0 Å². The van der Waals surface area contributed by atoms with Crippen LogP contribution in [0.5, 0.6) is 0 Å². The lowest BCUT2D eigenvalue weighted by atomic mass is 9.91. The molecule has 1 atom stereocenters. The second kappa shape index (κ2) is 7.39. The molecule has 2 N–H and O–H groups in total. The first kappa shape index (κ1) is 16.9. The van der Waals surface area contributed by atoms with Crippen LogP contribution in [-0.4, -0.2) is 23.5 Å². The lowest BCUT2D eigenvalue weighted by Gasteiger charge is -2.20. The van der Waals surface area contributed by atoms with Crippen LogP contribution in [0.3, 0.4) is 0 Å². The first-order valence-electron chi connectivity index (χ1n) is 6.58. The maximum Gasteiger partial charge on any atom is 0.303 e. The van der Waals surface area contributed by atoms with Gasteiger partial charge in [0.15, 0.2) is 0 Å². The molecule has 18 heavy (non-hydrogen) atoms. The van der Waals surface area contributed by atoms with Crippen molar-refractivity contribution in [3.63, 3.8) is 0 Å². The molecule has 0 radical (unpaired) electrons. The van der Waals surface area contributed by atoms with Crippen molar-refractivity contribution in [3.8, 4) is 0 Å². The number of carboxylic acids is 1. The monoisotopic (exact) mass is 257 g/mol.